The van der Waals surface area contributed by atoms with E-state index in [0.29, 0.717) is 17.1 Å². The molecule has 26 heavy (non-hydrogen) atoms. The number of halogens is 1. The Hall–Kier alpha value is -2.67. The number of hydrogen-bond donors (Lipinski definition) is 1. The monoisotopic (exact) mass is 454 g/mol. The van der Waals surface area contributed by atoms with E-state index in [9.17, 15) is 4.79 Å². The number of anilines is 1. The van der Waals surface area contributed by atoms with E-state index < -0.39 is 0 Å². The fourth-order valence-electron chi connectivity index (χ4n) is 2.73. The molecule has 0 fully saturated rings. The quantitative estimate of drug-likeness (QED) is 0.407. The second kappa shape index (κ2) is 6.92. The fourth-order valence-corrected chi connectivity index (χ4v) is 3.09. The molecule has 0 bridgehead atoms. The van der Waals surface area contributed by atoms with E-state index in [1.165, 1.54) is 0 Å². The molecule has 0 aliphatic heterocycles. The van der Waals surface area contributed by atoms with Gasteiger partial charge in [-0.25, -0.2) is 4.98 Å². The topological polar surface area (TPSA) is 55.1 Å². The lowest BCUT2D eigenvalue weighted by atomic mass is 10.1. The van der Waals surface area contributed by atoms with Gasteiger partial charge in [0.1, 0.15) is 5.52 Å². The number of benzene rings is 3. The molecule has 0 saturated heterocycles. The van der Waals surface area contributed by atoms with Gasteiger partial charge < -0.3 is 9.73 Å². The van der Waals surface area contributed by atoms with Crippen molar-refractivity contribution >= 4 is 45.3 Å². The summed E-state index contributed by atoms with van der Waals surface area (Å²) in [5.74, 6) is 0.324. The minimum Gasteiger partial charge on any atom is -0.436 e. The van der Waals surface area contributed by atoms with Crippen LogP contribution in [0.25, 0.3) is 22.6 Å². The highest BCUT2D eigenvalue weighted by Gasteiger charge is 2.14. The van der Waals surface area contributed by atoms with Gasteiger partial charge in [-0.2, -0.15) is 0 Å². The zero-order chi connectivity index (χ0) is 18.1. The van der Waals surface area contributed by atoms with Crippen molar-refractivity contribution in [3.63, 3.8) is 0 Å². The van der Waals surface area contributed by atoms with Crippen molar-refractivity contribution in [2.24, 2.45) is 0 Å². The summed E-state index contributed by atoms with van der Waals surface area (Å²) in [6.45, 7) is 2.02. The zero-order valence-electron chi connectivity index (χ0n) is 14.0. The fraction of sp³-hybridized carbons (Fsp3) is 0.0476. The van der Waals surface area contributed by atoms with Gasteiger partial charge in [0, 0.05) is 9.13 Å². The Morgan fingerprint density at radius 1 is 1.04 bits per heavy atom. The maximum atomic E-state index is 12.6. The third kappa shape index (κ3) is 3.35. The maximum absolute atomic E-state index is 12.6. The molecule has 0 saturated carbocycles. The van der Waals surface area contributed by atoms with Crippen molar-refractivity contribution in [3.8, 4) is 11.5 Å². The number of oxazole rings is 1. The standard InChI is InChI=1S/C21H15IN2O2/c1-13-6-11-19-18(12-13)24-21(26-19)16-4-2-3-5-17(16)23-20(25)14-7-9-15(22)10-8-14/h2-12H,1H3,(H,23,25). The lowest BCUT2D eigenvalue weighted by molar-refractivity contribution is 0.102. The number of rotatable bonds is 3. The molecule has 4 rings (SSSR count). The third-order valence-electron chi connectivity index (χ3n) is 4.06. The SMILES string of the molecule is Cc1ccc2oc(-c3ccccc3NC(=O)c3ccc(I)cc3)nc2c1. The Labute approximate surface area is 164 Å². The molecule has 0 radical (unpaired) electrons. The molecule has 0 aliphatic carbocycles. The van der Waals surface area contributed by atoms with Gasteiger partial charge in [0.05, 0.1) is 11.3 Å². The van der Waals surface area contributed by atoms with Crippen LogP contribution in [0.4, 0.5) is 5.69 Å². The van der Waals surface area contributed by atoms with Crippen molar-refractivity contribution in [2.75, 3.05) is 5.32 Å². The second-order valence-electron chi connectivity index (χ2n) is 6.00. The molecule has 0 unspecified atom stereocenters. The molecule has 4 aromatic rings. The first kappa shape index (κ1) is 16.8. The summed E-state index contributed by atoms with van der Waals surface area (Å²) in [5, 5.41) is 2.96. The molecule has 3 aromatic carbocycles. The van der Waals surface area contributed by atoms with Gasteiger partial charge in [-0.15, -0.1) is 0 Å². The van der Waals surface area contributed by atoms with E-state index in [4.69, 9.17) is 4.42 Å². The number of carbonyl (C=O) groups excluding carboxylic acids is 1. The first-order valence-electron chi connectivity index (χ1n) is 8.14. The van der Waals surface area contributed by atoms with Gasteiger partial charge in [0.25, 0.3) is 5.91 Å². The molecule has 4 nitrogen and oxygen atoms in total. The van der Waals surface area contributed by atoms with Crippen LogP contribution in [0, 0.1) is 10.5 Å². The summed E-state index contributed by atoms with van der Waals surface area (Å²) < 4.78 is 6.97. The van der Waals surface area contributed by atoms with Crippen LogP contribution in [-0.2, 0) is 0 Å². The molecule has 1 aromatic heterocycles. The van der Waals surface area contributed by atoms with Gasteiger partial charge in [0.2, 0.25) is 5.89 Å². The molecular formula is C21H15IN2O2. The minimum absolute atomic E-state index is 0.166. The number of nitrogens with zero attached hydrogens (tertiary/aromatic N) is 1. The maximum Gasteiger partial charge on any atom is 0.255 e. The average molecular weight is 454 g/mol. The van der Waals surface area contributed by atoms with Crippen molar-refractivity contribution in [2.45, 2.75) is 6.92 Å². The normalized spacial score (nSPS) is 10.8. The number of para-hydroxylation sites is 1. The van der Waals surface area contributed by atoms with Crippen LogP contribution in [-0.4, -0.2) is 10.9 Å². The highest BCUT2D eigenvalue weighted by Crippen LogP contribution is 2.30. The second-order valence-corrected chi connectivity index (χ2v) is 7.24. The van der Waals surface area contributed by atoms with Crippen molar-refractivity contribution in [1.82, 2.24) is 4.98 Å². The number of nitrogens with one attached hydrogen (secondary N) is 1. The van der Waals surface area contributed by atoms with Crippen LogP contribution in [0.5, 0.6) is 0 Å². The molecule has 1 heterocycles. The van der Waals surface area contributed by atoms with Crippen LogP contribution in [0.3, 0.4) is 0 Å². The van der Waals surface area contributed by atoms with Gasteiger partial charge in [-0.3, -0.25) is 4.79 Å². The Morgan fingerprint density at radius 2 is 1.81 bits per heavy atom. The summed E-state index contributed by atoms with van der Waals surface area (Å²) >= 11 is 2.21. The molecular weight excluding hydrogens is 439 g/mol. The first-order chi connectivity index (χ1) is 12.6. The molecule has 0 aliphatic rings. The van der Waals surface area contributed by atoms with E-state index in [2.05, 4.69) is 32.9 Å². The Balaban J connectivity index is 1.69. The summed E-state index contributed by atoms with van der Waals surface area (Å²) in [5.41, 5.74) is 4.67. The van der Waals surface area contributed by atoms with Gasteiger partial charge in [-0.05, 0) is 83.6 Å². The third-order valence-corrected chi connectivity index (χ3v) is 4.77. The highest BCUT2D eigenvalue weighted by atomic mass is 127. The van der Waals surface area contributed by atoms with Crippen molar-refractivity contribution < 1.29 is 9.21 Å². The van der Waals surface area contributed by atoms with Crippen molar-refractivity contribution in [3.05, 3.63) is 81.4 Å². The Bertz CT molecular complexity index is 1100. The van der Waals surface area contributed by atoms with E-state index in [0.717, 1.165) is 25.8 Å². The number of fused-ring (bicyclic) bond motifs is 1. The van der Waals surface area contributed by atoms with E-state index >= 15 is 0 Å². The van der Waals surface area contributed by atoms with Gasteiger partial charge in [-0.1, -0.05) is 18.2 Å². The largest absolute Gasteiger partial charge is 0.436 e. The number of amides is 1. The van der Waals surface area contributed by atoms with Gasteiger partial charge >= 0.3 is 0 Å². The van der Waals surface area contributed by atoms with Crippen LogP contribution in [0.15, 0.2) is 71.1 Å². The lowest BCUT2D eigenvalue weighted by Crippen LogP contribution is -2.12. The summed E-state index contributed by atoms with van der Waals surface area (Å²) in [4.78, 5) is 17.1. The lowest BCUT2D eigenvalue weighted by Gasteiger charge is -2.09. The smallest absolute Gasteiger partial charge is 0.255 e. The number of carbonyl (C=O) groups is 1. The predicted octanol–water partition coefficient (Wildman–Crippen LogP) is 5.66. The average Bonchev–Trinajstić information content (AvgIpc) is 3.05. The van der Waals surface area contributed by atoms with Gasteiger partial charge in [0.15, 0.2) is 5.58 Å². The molecule has 128 valence electrons. The van der Waals surface area contributed by atoms with Crippen LogP contribution < -0.4 is 5.32 Å². The van der Waals surface area contributed by atoms with Crippen LogP contribution >= 0.6 is 22.6 Å². The molecule has 1 N–H and O–H groups in total. The van der Waals surface area contributed by atoms with E-state index in [-0.39, 0.29) is 5.91 Å². The highest BCUT2D eigenvalue weighted by molar-refractivity contribution is 14.1. The van der Waals surface area contributed by atoms with Crippen LogP contribution in [0.1, 0.15) is 15.9 Å². The summed E-state index contributed by atoms with van der Waals surface area (Å²) in [6, 6.07) is 20.8. The van der Waals surface area contributed by atoms with Crippen molar-refractivity contribution in [1.29, 1.82) is 0 Å². The number of hydrogen-bond acceptors (Lipinski definition) is 3. The number of aryl methyl sites for hydroxylation is 1. The molecule has 0 atom stereocenters. The minimum atomic E-state index is -0.166. The van der Waals surface area contributed by atoms with E-state index in [1.807, 2.05) is 73.7 Å². The Kier molecular flexibility index (Phi) is 4.46. The summed E-state index contributed by atoms with van der Waals surface area (Å²) in [6.07, 6.45) is 0. The van der Waals surface area contributed by atoms with E-state index in [1.54, 1.807) is 0 Å². The number of aromatic nitrogens is 1. The zero-order valence-corrected chi connectivity index (χ0v) is 16.2. The summed E-state index contributed by atoms with van der Waals surface area (Å²) in [7, 11) is 0. The molecule has 5 heteroatoms. The first-order valence-corrected chi connectivity index (χ1v) is 9.21. The van der Waals surface area contributed by atoms with Crippen LogP contribution in [0.2, 0.25) is 0 Å². The molecule has 1 amide bonds. The molecule has 0 spiro atoms. The predicted molar refractivity (Wildman–Crippen MR) is 111 cm³/mol. The Morgan fingerprint density at radius 3 is 2.62 bits per heavy atom.